The predicted octanol–water partition coefficient (Wildman–Crippen LogP) is 3.59. The topological polar surface area (TPSA) is 62.3 Å². The Balaban J connectivity index is 2.26. The van der Waals surface area contributed by atoms with Crippen LogP contribution in [0.3, 0.4) is 0 Å². The fourth-order valence-corrected chi connectivity index (χ4v) is 2.88. The molecule has 0 aliphatic rings. The molecule has 7 heteroatoms. The first kappa shape index (κ1) is 16.5. The maximum Gasteiger partial charge on any atom is 0.255 e. The summed E-state index contributed by atoms with van der Waals surface area (Å²) in [5.41, 5.74) is 0.884. The van der Waals surface area contributed by atoms with Crippen molar-refractivity contribution in [2.45, 2.75) is 19.9 Å². The summed E-state index contributed by atoms with van der Waals surface area (Å²) in [6.45, 7) is 3.31. The highest BCUT2D eigenvalue weighted by atomic mass is 35.5. The second-order valence-corrected chi connectivity index (χ2v) is 6.17. The number of hydrogen-bond donors (Lipinski definition) is 1. The quantitative estimate of drug-likeness (QED) is 0.927. The fraction of sp³-hybridized carbons (Fsp3) is 0.267. The van der Waals surface area contributed by atoms with Crippen LogP contribution in [-0.2, 0) is 4.79 Å². The van der Waals surface area contributed by atoms with E-state index in [2.05, 4.69) is 10.3 Å². The number of hydrogen-bond acceptors (Lipinski definition) is 4. The van der Waals surface area contributed by atoms with Gasteiger partial charge in [0.1, 0.15) is 5.01 Å². The van der Waals surface area contributed by atoms with Gasteiger partial charge in [0, 0.05) is 31.2 Å². The zero-order chi connectivity index (χ0) is 16.3. The van der Waals surface area contributed by atoms with Crippen molar-refractivity contribution in [2.24, 2.45) is 0 Å². The number of aromatic nitrogens is 1. The average Bonchev–Trinajstić information content (AvgIpc) is 3.00. The molecule has 2 amide bonds. The summed E-state index contributed by atoms with van der Waals surface area (Å²) in [6, 6.07) is 4.68. The summed E-state index contributed by atoms with van der Waals surface area (Å²) in [6.07, 6.45) is 1.71. The van der Waals surface area contributed by atoms with Crippen molar-refractivity contribution in [3.8, 4) is 0 Å². The van der Waals surface area contributed by atoms with E-state index in [1.54, 1.807) is 36.3 Å². The number of halogens is 1. The van der Waals surface area contributed by atoms with Gasteiger partial charge in [-0.15, -0.1) is 11.3 Å². The van der Waals surface area contributed by atoms with E-state index in [0.29, 0.717) is 16.3 Å². The highest BCUT2D eigenvalue weighted by molar-refractivity contribution is 7.09. The Morgan fingerprint density at radius 1 is 1.41 bits per heavy atom. The molecular weight excluding hydrogens is 322 g/mol. The molecule has 1 aromatic carbocycles. The Hall–Kier alpha value is -1.92. The van der Waals surface area contributed by atoms with Gasteiger partial charge in [-0.1, -0.05) is 11.6 Å². The third kappa shape index (κ3) is 3.64. The molecule has 2 aromatic rings. The van der Waals surface area contributed by atoms with Gasteiger partial charge in [-0.25, -0.2) is 4.98 Å². The van der Waals surface area contributed by atoms with Gasteiger partial charge >= 0.3 is 0 Å². The highest BCUT2D eigenvalue weighted by Crippen LogP contribution is 2.26. The molecule has 116 valence electrons. The molecule has 1 unspecified atom stereocenters. The van der Waals surface area contributed by atoms with Gasteiger partial charge in [0.15, 0.2) is 0 Å². The fourth-order valence-electron chi connectivity index (χ4n) is 1.94. The number of nitrogens with zero attached hydrogens (tertiary/aromatic N) is 2. The van der Waals surface area contributed by atoms with Crippen molar-refractivity contribution in [1.29, 1.82) is 0 Å². The van der Waals surface area contributed by atoms with Crippen LogP contribution < -0.4 is 5.32 Å². The molecule has 1 heterocycles. The van der Waals surface area contributed by atoms with Crippen LogP contribution in [0, 0.1) is 0 Å². The minimum atomic E-state index is -0.222. The number of carbonyl (C=O) groups excluding carboxylic acids is 2. The number of benzene rings is 1. The summed E-state index contributed by atoms with van der Waals surface area (Å²) in [5.74, 6) is -0.426. The molecule has 0 aliphatic heterocycles. The third-order valence-corrected chi connectivity index (χ3v) is 4.50. The minimum Gasteiger partial charge on any atom is -0.332 e. The molecule has 1 atom stereocenters. The summed E-state index contributed by atoms with van der Waals surface area (Å²) < 4.78 is 0. The van der Waals surface area contributed by atoms with Gasteiger partial charge < -0.3 is 10.2 Å². The zero-order valence-electron chi connectivity index (χ0n) is 12.5. The maximum absolute atomic E-state index is 12.6. The SMILES string of the molecule is CC(=O)Nc1ccc(Cl)c(C(=O)N(C)C(C)c2nccs2)c1. The van der Waals surface area contributed by atoms with E-state index >= 15 is 0 Å². The molecule has 1 aromatic heterocycles. The number of rotatable bonds is 4. The first-order valence-corrected chi connectivity index (χ1v) is 7.89. The van der Waals surface area contributed by atoms with Crippen molar-refractivity contribution < 1.29 is 9.59 Å². The Kier molecular flexibility index (Phi) is 5.15. The van der Waals surface area contributed by atoms with Gasteiger partial charge in [0.2, 0.25) is 5.91 Å². The molecule has 0 fully saturated rings. The summed E-state index contributed by atoms with van der Waals surface area (Å²) >= 11 is 7.62. The van der Waals surface area contributed by atoms with Crippen LogP contribution in [0.15, 0.2) is 29.8 Å². The van der Waals surface area contributed by atoms with Crippen LogP contribution in [0.5, 0.6) is 0 Å². The van der Waals surface area contributed by atoms with E-state index in [0.717, 1.165) is 5.01 Å². The largest absolute Gasteiger partial charge is 0.332 e. The lowest BCUT2D eigenvalue weighted by atomic mass is 10.1. The summed E-state index contributed by atoms with van der Waals surface area (Å²) in [4.78, 5) is 29.6. The van der Waals surface area contributed by atoms with Crippen molar-refractivity contribution in [3.63, 3.8) is 0 Å². The molecule has 0 radical (unpaired) electrons. The molecular formula is C15H16ClN3O2S. The zero-order valence-corrected chi connectivity index (χ0v) is 14.0. The summed E-state index contributed by atoms with van der Waals surface area (Å²) in [5, 5.41) is 5.71. The van der Waals surface area contributed by atoms with Crippen LogP contribution in [-0.4, -0.2) is 28.7 Å². The minimum absolute atomic E-state index is 0.159. The van der Waals surface area contributed by atoms with Crippen molar-refractivity contribution in [2.75, 3.05) is 12.4 Å². The van der Waals surface area contributed by atoms with E-state index in [4.69, 9.17) is 11.6 Å². The number of amides is 2. The number of anilines is 1. The van der Waals surface area contributed by atoms with E-state index < -0.39 is 0 Å². The lowest BCUT2D eigenvalue weighted by Crippen LogP contribution is -2.30. The van der Waals surface area contributed by atoms with Crippen LogP contribution in [0.4, 0.5) is 5.69 Å². The molecule has 22 heavy (non-hydrogen) atoms. The normalized spacial score (nSPS) is 11.8. The molecule has 5 nitrogen and oxygen atoms in total. The third-order valence-electron chi connectivity index (χ3n) is 3.23. The maximum atomic E-state index is 12.6. The number of thiazole rings is 1. The van der Waals surface area contributed by atoms with Gasteiger partial charge in [-0.3, -0.25) is 9.59 Å². The van der Waals surface area contributed by atoms with Crippen molar-refractivity contribution in [3.05, 3.63) is 45.4 Å². The summed E-state index contributed by atoms with van der Waals surface area (Å²) in [7, 11) is 1.70. The standard InChI is InChI=1S/C15H16ClN3O2S/c1-9(14-17-6-7-22-14)19(3)15(21)12-8-11(18-10(2)20)4-5-13(12)16/h4-9H,1-3H3,(H,18,20). The molecule has 2 rings (SSSR count). The Labute approximate surface area is 137 Å². The number of nitrogens with one attached hydrogen (secondary N) is 1. The second kappa shape index (κ2) is 6.89. The molecule has 0 bridgehead atoms. The predicted molar refractivity (Wildman–Crippen MR) is 88.4 cm³/mol. The molecule has 1 N–H and O–H groups in total. The van der Waals surface area contributed by atoms with Crippen LogP contribution in [0.1, 0.15) is 35.3 Å². The molecule has 0 aliphatic carbocycles. The van der Waals surface area contributed by atoms with E-state index in [9.17, 15) is 9.59 Å². The van der Waals surface area contributed by atoms with Gasteiger partial charge in [0.25, 0.3) is 5.91 Å². The average molecular weight is 338 g/mol. The first-order chi connectivity index (χ1) is 10.4. The second-order valence-electron chi connectivity index (χ2n) is 4.84. The number of carbonyl (C=O) groups is 2. The lowest BCUT2D eigenvalue weighted by Gasteiger charge is -2.24. The van der Waals surface area contributed by atoms with Crippen molar-refractivity contribution >= 4 is 40.4 Å². The lowest BCUT2D eigenvalue weighted by molar-refractivity contribution is -0.114. The monoisotopic (exact) mass is 337 g/mol. The smallest absolute Gasteiger partial charge is 0.255 e. The molecule has 0 saturated carbocycles. The Morgan fingerprint density at radius 2 is 2.14 bits per heavy atom. The van der Waals surface area contributed by atoms with Crippen LogP contribution in [0.2, 0.25) is 5.02 Å². The van der Waals surface area contributed by atoms with E-state index in [-0.39, 0.29) is 17.9 Å². The highest BCUT2D eigenvalue weighted by Gasteiger charge is 2.22. The van der Waals surface area contributed by atoms with Crippen molar-refractivity contribution in [1.82, 2.24) is 9.88 Å². The Bertz CT molecular complexity index is 688. The van der Waals surface area contributed by atoms with Gasteiger partial charge in [-0.2, -0.15) is 0 Å². The first-order valence-electron chi connectivity index (χ1n) is 6.64. The van der Waals surface area contributed by atoms with E-state index in [1.165, 1.54) is 18.3 Å². The van der Waals surface area contributed by atoms with Crippen LogP contribution in [0.25, 0.3) is 0 Å². The van der Waals surface area contributed by atoms with Crippen LogP contribution >= 0.6 is 22.9 Å². The Morgan fingerprint density at radius 3 is 2.73 bits per heavy atom. The van der Waals surface area contributed by atoms with E-state index in [1.807, 2.05) is 12.3 Å². The van der Waals surface area contributed by atoms with Gasteiger partial charge in [-0.05, 0) is 25.1 Å². The molecule has 0 saturated heterocycles. The van der Waals surface area contributed by atoms with Gasteiger partial charge in [0.05, 0.1) is 16.6 Å². The molecule has 0 spiro atoms.